The van der Waals surface area contributed by atoms with E-state index in [0.717, 1.165) is 34.9 Å². The quantitative estimate of drug-likeness (QED) is 0.605. The van der Waals surface area contributed by atoms with Crippen molar-refractivity contribution in [1.82, 2.24) is 9.88 Å². The largest absolute Gasteiger partial charge is 0.464 e. The van der Waals surface area contributed by atoms with Crippen molar-refractivity contribution < 1.29 is 14.3 Å². The lowest BCUT2D eigenvalue weighted by atomic mass is 10.00. The Morgan fingerprint density at radius 2 is 2.00 bits per heavy atom. The molecule has 7 heteroatoms. The van der Waals surface area contributed by atoms with Crippen LogP contribution >= 0.6 is 15.9 Å². The van der Waals surface area contributed by atoms with Crippen molar-refractivity contribution >= 4 is 44.4 Å². The molecule has 2 aromatic carbocycles. The third-order valence-corrected chi connectivity index (χ3v) is 5.48. The molecule has 0 aliphatic carbocycles. The molecule has 2 N–H and O–H groups in total. The molecular weight excluding hydrogens is 422 g/mol. The van der Waals surface area contributed by atoms with E-state index < -0.39 is 5.97 Å². The minimum Gasteiger partial charge on any atom is -0.464 e. The molecule has 0 fully saturated rings. The normalized spacial score (nSPS) is 13.9. The van der Waals surface area contributed by atoms with Crippen LogP contribution < -0.4 is 5.32 Å². The van der Waals surface area contributed by atoms with E-state index in [1.807, 2.05) is 30.3 Å². The van der Waals surface area contributed by atoms with Gasteiger partial charge in [0.1, 0.15) is 5.69 Å². The SMILES string of the molecule is COC(=O)c1[nH]c2ccc(Br)cc2c1NC(=O)CN1CCc2ccccc2C1. The zero-order chi connectivity index (χ0) is 19.7. The summed E-state index contributed by atoms with van der Waals surface area (Å²) < 4.78 is 5.72. The van der Waals surface area contributed by atoms with Crippen molar-refractivity contribution in [1.29, 1.82) is 0 Å². The van der Waals surface area contributed by atoms with Gasteiger partial charge in [-0.05, 0) is 35.7 Å². The van der Waals surface area contributed by atoms with Gasteiger partial charge in [0.25, 0.3) is 0 Å². The predicted octanol–water partition coefficient (Wildman–Crippen LogP) is 3.71. The number of nitrogens with zero attached hydrogens (tertiary/aromatic N) is 1. The Labute approximate surface area is 171 Å². The van der Waals surface area contributed by atoms with Crippen LogP contribution in [0.25, 0.3) is 10.9 Å². The van der Waals surface area contributed by atoms with Crippen molar-refractivity contribution in [3.63, 3.8) is 0 Å². The van der Waals surface area contributed by atoms with Crippen LogP contribution in [0.4, 0.5) is 5.69 Å². The smallest absolute Gasteiger partial charge is 0.356 e. The number of hydrogen-bond acceptors (Lipinski definition) is 4. The van der Waals surface area contributed by atoms with Gasteiger partial charge in [0.15, 0.2) is 0 Å². The Kier molecular flexibility index (Phi) is 5.19. The number of ether oxygens (including phenoxy) is 1. The Hall–Kier alpha value is -2.64. The van der Waals surface area contributed by atoms with Crippen LogP contribution in [0.5, 0.6) is 0 Å². The van der Waals surface area contributed by atoms with Gasteiger partial charge in [-0.25, -0.2) is 4.79 Å². The molecule has 0 saturated heterocycles. The molecular formula is C21H20BrN3O3. The molecule has 4 rings (SSSR count). The summed E-state index contributed by atoms with van der Waals surface area (Å²) in [6.07, 6.45) is 0.927. The lowest BCUT2D eigenvalue weighted by molar-refractivity contribution is -0.117. The first kappa shape index (κ1) is 18.7. The number of aromatic amines is 1. The van der Waals surface area contributed by atoms with Gasteiger partial charge >= 0.3 is 5.97 Å². The maximum Gasteiger partial charge on any atom is 0.356 e. The third-order valence-electron chi connectivity index (χ3n) is 4.99. The van der Waals surface area contributed by atoms with Crippen LogP contribution in [0.3, 0.4) is 0 Å². The molecule has 144 valence electrons. The van der Waals surface area contributed by atoms with E-state index in [9.17, 15) is 9.59 Å². The highest BCUT2D eigenvalue weighted by atomic mass is 79.9. The molecule has 0 unspecified atom stereocenters. The summed E-state index contributed by atoms with van der Waals surface area (Å²) in [5.74, 6) is -0.681. The first-order valence-electron chi connectivity index (χ1n) is 9.03. The van der Waals surface area contributed by atoms with Gasteiger partial charge in [0, 0.05) is 28.5 Å². The number of fused-ring (bicyclic) bond motifs is 2. The number of nitrogens with one attached hydrogen (secondary N) is 2. The number of esters is 1. The average molecular weight is 442 g/mol. The van der Waals surface area contributed by atoms with Crippen LogP contribution in [0.1, 0.15) is 21.6 Å². The van der Waals surface area contributed by atoms with E-state index in [1.54, 1.807) is 0 Å². The number of carbonyl (C=O) groups is 2. The van der Waals surface area contributed by atoms with Crippen LogP contribution in [0, 0.1) is 0 Å². The number of methoxy groups -OCH3 is 1. The van der Waals surface area contributed by atoms with E-state index in [1.165, 1.54) is 18.2 Å². The number of halogens is 1. The number of aromatic nitrogens is 1. The standard InChI is InChI=1S/C21H20BrN3O3/c1-28-21(27)20-19(16-10-15(22)6-7-17(16)23-20)24-18(26)12-25-9-8-13-4-2-3-5-14(13)11-25/h2-7,10,23H,8-9,11-12H2,1H3,(H,24,26). The number of hydrogen-bond donors (Lipinski definition) is 2. The second-order valence-electron chi connectivity index (χ2n) is 6.83. The third kappa shape index (κ3) is 3.68. The van der Waals surface area contributed by atoms with Gasteiger partial charge in [0.2, 0.25) is 5.91 Å². The second-order valence-corrected chi connectivity index (χ2v) is 7.75. The molecule has 1 aliphatic heterocycles. The van der Waals surface area contributed by atoms with Gasteiger partial charge in [-0.1, -0.05) is 40.2 Å². The number of benzene rings is 2. The highest BCUT2D eigenvalue weighted by molar-refractivity contribution is 9.10. The van der Waals surface area contributed by atoms with Gasteiger partial charge < -0.3 is 15.0 Å². The monoisotopic (exact) mass is 441 g/mol. The summed E-state index contributed by atoms with van der Waals surface area (Å²) >= 11 is 3.44. The fourth-order valence-corrected chi connectivity index (χ4v) is 3.98. The number of carbonyl (C=O) groups excluding carboxylic acids is 2. The summed E-state index contributed by atoms with van der Waals surface area (Å²) in [5, 5.41) is 3.67. The molecule has 0 radical (unpaired) electrons. The van der Waals surface area contributed by atoms with Gasteiger partial charge in [-0.3, -0.25) is 9.69 Å². The Morgan fingerprint density at radius 1 is 1.21 bits per heavy atom. The first-order valence-corrected chi connectivity index (χ1v) is 9.83. The average Bonchev–Trinajstić information content (AvgIpc) is 3.04. The molecule has 0 atom stereocenters. The maximum atomic E-state index is 12.8. The van der Waals surface area contributed by atoms with Gasteiger partial charge in [-0.2, -0.15) is 0 Å². The van der Waals surface area contributed by atoms with Gasteiger partial charge in [-0.15, -0.1) is 0 Å². The lowest BCUT2D eigenvalue weighted by Crippen LogP contribution is -2.37. The van der Waals surface area contributed by atoms with Gasteiger partial charge in [0.05, 0.1) is 19.3 Å². The summed E-state index contributed by atoms with van der Waals surface area (Å²) in [4.78, 5) is 30.1. The molecule has 2 heterocycles. The molecule has 0 spiro atoms. The molecule has 1 aromatic heterocycles. The zero-order valence-corrected chi connectivity index (χ0v) is 17.0. The summed E-state index contributed by atoms with van der Waals surface area (Å²) in [5.41, 5.74) is 4.05. The minimum atomic E-state index is -0.519. The molecule has 0 saturated carbocycles. The first-order chi connectivity index (χ1) is 13.5. The van der Waals surface area contributed by atoms with E-state index in [2.05, 4.69) is 43.3 Å². The number of rotatable bonds is 4. The zero-order valence-electron chi connectivity index (χ0n) is 15.4. The molecule has 0 bridgehead atoms. The van der Waals surface area contributed by atoms with Crippen LogP contribution in [-0.2, 0) is 22.5 Å². The number of H-pyrrole nitrogens is 1. The fourth-order valence-electron chi connectivity index (χ4n) is 3.62. The summed E-state index contributed by atoms with van der Waals surface area (Å²) in [6.45, 7) is 1.83. The van der Waals surface area contributed by atoms with Crippen molar-refractivity contribution in [2.45, 2.75) is 13.0 Å². The molecule has 28 heavy (non-hydrogen) atoms. The number of amides is 1. The van der Waals surface area contributed by atoms with Crippen molar-refractivity contribution in [3.8, 4) is 0 Å². The molecule has 1 amide bonds. The van der Waals surface area contributed by atoms with E-state index in [0.29, 0.717) is 5.69 Å². The summed E-state index contributed by atoms with van der Waals surface area (Å²) in [7, 11) is 1.32. The van der Waals surface area contributed by atoms with E-state index in [4.69, 9.17) is 4.74 Å². The van der Waals surface area contributed by atoms with Crippen LogP contribution in [-0.4, -0.2) is 42.0 Å². The highest BCUT2D eigenvalue weighted by Crippen LogP contribution is 2.31. The molecule has 3 aromatic rings. The number of anilines is 1. The Bertz CT molecular complexity index is 1060. The van der Waals surface area contributed by atoms with Crippen LogP contribution in [0.15, 0.2) is 46.9 Å². The van der Waals surface area contributed by atoms with Crippen molar-refractivity contribution in [2.75, 3.05) is 25.5 Å². The van der Waals surface area contributed by atoms with Crippen LogP contribution in [0.2, 0.25) is 0 Å². The van der Waals surface area contributed by atoms with Crippen molar-refractivity contribution in [3.05, 3.63) is 63.8 Å². The Balaban J connectivity index is 1.55. The topological polar surface area (TPSA) is 74.4 Å². The molecule has 1 aliphatic rings. The summed E-state index contributed by atoms with van der Waals surface area (Å²) in [6, 6.07) is 13.9. The fraction of sp³-hybridized carbons (Fsp3) is 0.238. The Morgan fingerprint density at radius 3 is 2.79 bits per heavy atom. The maximum absolute atomic E-state index is 12.8. The minimum absolute atomic E-state index is 0.162. The van der Waals surface area contributed by atoms with Crippen molar-refractivity contribution in [2.24, 2.45) is 0 Å². The lowest BCUT2D eigenvalue weighted by Gasteiger charge is -2.28. The van der Waals surface area contributed by atoms with E-state index >= 15 is 0 Å². The second kappa shape index (κ2) is 7.77. The molecule has 6 nitrogen and oxygen atoms in total. The van der Waals surface area contributed by atoms with E-state index in [-0.39, 0.29) is 18.1 Å². The highest BCUT2D eigenvalue weighted by Gasteiger charge is 2.23. The predicted molar refractivity (Wildman–Crippen MR) is 111 cm³/mol.